The van der Waals surface area contributed by atoms with Gasteiger partial charge < -0.3 is 15.3 Å². The zero-order valence-electron chi connectivity index (χ0n) is 12.5. The van der Waals surface area contributed by atoms with Gasteiger partial charge in [0, 0.05) is 25.0 Å². The Bertz CT molecular complexity index is 381. The first-order chi connectivity index (χ1) is 9.55. The minimum atomic E-state index is -0.694. The third-order valence-electron chi connectivity index (χ3n) is 5.69. The van der Waals surface area contributed by atoms with Gasteiger partial charge in [-0.15, -0.1) is 0 Å². The van der Waals surface area contributed by atoms with Crippen LogP contribution in [0.5, 0.6) is 0 Å². The molecular weight excluding hydrogens is 254 g/mol. The predicted molar refractivity (Wildman–Crippen MR) is 77.4 cm³/mol. The lowest BCUT2D eigenvalue weighted by Crippen LogP contribution is -2.64. The Morgan fingerprint density at radius 1 is 1.25 bits per heavy atom. The van der Waals surface area contributed by atoms with Gasteiger partial charge >= 0.3 is 0 Å². The summed E-state index contributed by atoms with van der Waals surface area (Å²) < 4.78 is 0. The Kier molecular flexibility index (Phi) is 3.77. The number of aliphatic hydroxyl groups is 1. The number of hydrogen-bond acceptors (Lipinski definition) is 4. The molecule has 2 aliphatic heterocycles. The molecule has 1 amide bonds. The molecule has 2 saturated heterocycles. The van der Waals surface area contributed by atoms with Crippen molar-refractivity contribution in [2.45, 2.75) is 37.7 Å². The van der Waals surface area contributed by atoms with E-state index in [0.29, 0.717) is 13.1 Å². The predicted octanol–water partition coefficient (Wildman–Crippen LogP) is 0.0452. The molecule has 5 heteroatoms. The average molecular weight is 281 g/mol. The summed E-state index contributed by atoms with van der Waals surface area (Å²) in [6, 6.07) is 0. The number of amides is 1. The lowest BCUT2D eigenvalue weighted by atomic mass is 9.66. The molecule has 20 heavy (non-hydrogen) atoms. The zero-order chi connectivity index (χ0) is 14.2. The largest absolute Gasteiger partial charge is 0.387 e. The van der Waals surface area contributed by atoms with Crippen molar-refractivity contribution in [3.63, 3.8) is 0 Å². The molecule has 114 valence electrons. The Labute approximate surface area is 121 Å². The number of carbonyl (C=O) groups excluding carboxylic acids is 1. The van der Waals surface area contributed by atoms with Crippen LogP contribution in [-0.2, 0) is 4.79 Å². The molecule has 0 aromatic heterocycles. The summed E-state index contributed by atoms with van der Waals surface area (Å²) in [7, 11) is 1.98. The Morgan fingerprint density at radius 2 is 2.00 bits per heavy atom. The van der Waals surface area contributed by atoms with Gasteiger partial charge in [0.05, 0.1) is 18.7 Å². The van der Waals surface area contributed by atoms with E-state index >= 15 is 0 Å². The first kappa shape index (κ1) is 14.3. The lowest BCUT2D eigenvalue weighted by Gasteiger charge is -2.51. The second-order valence-electron chi connectivity index (χ2n) is 7.00. The van der Waals surface area contributed by atoms with Gasteiger partial charge in [-0.05, 0) is 32.9 Å². The standard InChI is InChI=1S/C15H27N3O2/c1-17-8-9-18(13(19)10-17)12-15(20)6-7-16-11-14(15)4-2-3-5-14/h16,20H,2-12H2,1H3. The van der Waals surface area contributed by atoms with Gasteiger partial charge in [0.15, 0.2) is 0 Å². The summed E-state index contributed by atoms with van der Waals surface area (Å²) in [5.41, 5.74) is -0.699. The number of likely N-dealkylation sites (N-methyl/N-ethyl adjacent to an activating group) is 1. The zero-order valence-corrected chi connectivity index (χ0v) is 12.5. The summed E-state index contributed by atoms with van der Waals surface area (Å²) in [6.45, 7) is 4.45. The number of nitrogens with one attached hydrogen (secondary N) is 1. The highest BCUT2D eigenvalue weighted by Gasteiger charge is 2.53. The van der Waals surface area contributed by atoms with E-state index in [9.17, 15) is 9.90 Å². The first-order valence-electron chi connectivity index (χ1n) is 7.94. The van der Waals surface area contributed by atoms with Crippen LogP contribution in [-0.4, -0.2) is 72.7 Å². The van der Waals surface area contributed by atoms with Crippen LogP contribution in [0.3, 0.4) is 0 Å². The van der Waals surface area contributed by atoms with Crippen molar-refractivity contribution in [2.75, 3.05) is 46.3 Å². The summed E-state index contributed by atoms with van der Waals surface area (Å²) in [6.07, 6.45) is 5.38. The van der Waals surface area contributed by atoms with Crippen LogP contribution in [0.15, 0.2) is 0 Å². The van der Waals surface area contributed by atoms with Crippen molar-refractivity contribution in [2.24, 2.45) is 5.41 Å². The van der Waals surface area contributed by atoms with Gasteiger partial charge in [-0.1, -0.05) is 12.8 Å². The highest BCUT2D eigenvalue weighted by molar-refractivity contribution is 5.79. The summed E-state index contributed by atoms with van der Waals surface area (Å²) in [4.78, 5) is 16.1. The second-order valence-corrected chi connectivity index (χ2v) is 7.00. The molecule has 1 unspecified atom stereocenters. The van der Waals surface area contributed by atoms with E-state index in [4.69, 9.17) is 0 Å². The van der Waals surface area contributed by atoms with Gasteiger partial charge in [0.1, 0.15) is 0 Å². The number of piperidine rings is 1. The van der Waals surface area contributed by atoms with Crippen molar-refractivity contribution in [1.29, 1.82) is 0 Å². The van der Waals surface area contributed by atoms with E-state index in [-0.39, 0.29) is 11.3 Å². The number of hydrogen-bond donors (Lipinski definition) is 2. The monoisotopic (exact) mass is 281 g/mol. The fourth-order valence-electron chi connectivity index (χ4n) is 4.30. The van der Waals surface area contributed by atoms with Gasteiger partial charge in [0.2, 0.25) is 5.91 Å². The second kappa shape index (κ2) is 5.28. The Hall–Kier alpha value is -0.650. The first-order valence-corrected chi connectivity index (χ1v) is 7.94. The molecule has 5 nitrogen and oxygen atoms in total. The van der Waals surface area contributed by atoms with Gasteiger partial charge in [0.25, 0.3) is 0 Å². The van der Waals surface area contributed by atoms with Crippen molar-refractivity contribution in [3.05, 3.63) is 0 Å². The van der Waals surface area contributed by atoms with Crippen molar-refractivity contribution in [3.8, 4) is 0 Å². The third-order valence-corrected chi connectivity index (χ3v) is 5.69. The minimum Gasteiger partial charge on any atom is -0.387 e. The average Bonchev–Trinajstić information content (AvgIpc) is 2.87. The molecule has 2 heterocycles. The molecule has 1 aliphatic carbocycles. The van der Waals surface area contributed by atoms with Crippen molar-refractivity contribution < 1.29 is 9.90 Å². The Morgan fingerprint density at radius 3 is 2.70 bits per heavy atom. The highest BCUT2D eigenvalue weighted by atomic mass is 16.3. The summed E-state index contributed by atoms with van der Waals surface area (Å²) in [5, 5.41) is 14.8. The lowest BCUT2D eigenvalue weighted by molar-refractivity contribution is -0.152. The molecule has 1 atom stereocenters. The SMILES string of the molecule is CN1CCN(CC2(O)CCNCC23CCCC3)C(=O)C1. The molecule has 0 aromatic carbocycles. The van der Waals surface area contributed by atoms with E-state index < -0.39 is 5.60 Å². The summed E-state index contributed by atoms with van der Waals surface area (Å²) >= 11 is 0. The molecule has 3 rings (SSSR count). The van der Waals surface area contributed by atoms with Crippen LogP contribution < -0.4 is 5.32 Å². The smallest absolute Gasteiger partial charge is 0.236 e. The van der Waals surface area contributed by atoms with E-state index in [0.717, 1.165) is 45.4 Å². The molecule has 1 saturated carbocycles. The minimum absolute atomic E-state index is 0.00508. The number of β-amino-alcohol motifs (C(OH)–C–C–N with tert-alkyl or cyclic N) is 1. The molecule has 3 fully saturated rings. The molecule has 1 spiro atoms. The van der Waals surface area contributed by atoms with Crippen LogP contribution in [0.2, 0.25) is 0 Å². The van der Waals surface area contributed by atoms with Gasteiger partial charge in [-0.2, -0.15) is 0 Å². The number of nitrogens with zero attached hydrogens (tertiary/aromatic N) is 2. The molecular formula is C15H27N3O2. The topological polar surface area (TPSA) is 55.8 Å². The molecule has 0 bridgehead atoms. The molecule has 0 radical (unpaired) electrons. The van der Waals surface area contributed by atoms with Crippen molar-refractivity contribution >= 4 is 5.91 Å². The van der Waals surface area contributed by atoms with Gasteiger partial charge in [-0.25, -0.2) is 0 Å². The molecule has 2 N–H and O–H groups in total. The van der Waals surface area contributed by atoms with E-state index in [1.165, 1.54) is 12.8 Å². The Balaban J connectivity index is 1.75. The molecule has 0 aromatic rings. The van der Waals surface area contributed by atoms with E-state index in [1.807, 2.05) is 11.9 Å². The van der Waals surface area contributed by atoms with E-state index in [1.54, 1.807) is 0 Å². The quantitative estimate of drug-likeness (QED) is 0.751. The molecule has 3 aliphatic rings. The maximum atomic E-state index is 12.2. The van der Waals surface area contributed by atoms with Crippen molar-refractivity contribution in [1.82, 2.24) is 15.1 Å². The number of rotatable bonds is 2. The maximum absolute atomic E-state index is 12.2. The van der Waals surface area contributed by atoms with Crippen LogP contribution in [0.4, 0.5) is 0 Å². The highest BCUT2D eigenvalue weighted by Crippen LogP contribution is 2.49. The summed E-state index contributed by atoms with van der Waals surface area (Å²) in [5.74, 6) is 0.166. The third kappa shape index (κ3) is 2.36. The van der Waals surface area contributed by atoms with E-state index in [2.05, 4.69) is 10.2 Å². The fourth-order valence-corrected chi connectivity index (χ4v) is 4.30. The maximum Gasteiger partial charge on any atom is 0.236 e. The normalized spacial score (nSPS) is 34.9. The number of carbonyl (C=O) groups is 1. The fraction of sp³-hybridized carbons (Fsp3) is 0.933. The number of piperazine rings is 1. The van der Waals surface area contributed by atoms with Gasteiger partial charge in [-0.3, -0.25) is 9.69 Å². The van der Waals surface area contributed by atoms with Crippen LogP contribution >= 0.6 is 0 Å². The van der Waals surface area contributed by atoms with Crippen LogP contribution in [0, 0.1) is 5.41 Å². The van der Waals surface area contributed by atoms with Crippen LogP contribution in [0.1, 0.15) is 32.1 Å². The van der Waals surface area contributed by atoms with Crippen LogP contribution in [0.25, 0.3) is 0 Å².